The molecule has 1 amide bonds. The van der Waals surface area contributed by atoms with Gasteiger partial charge in [-0.05, 0) is 25.3 Å². The number of aromatic nitrogens is 2. The molecule has 0 saturated heterocycles. The molecule has 1 aromatic heterocycles. The number of carbonyl (C=O) groups excluding carboxylic acids is 2. The van der Waals surface area contributed by atoms with E-state index < -0.39 is 23.9 Å². The van der Waals surface area contributed by atoms with Crippen molar-refractivity contribution in [3.05, 3.63) is 54.1 Å². The summed E-state index contributed by atoms with van der Waals surface area (Å²) in [6.45, 7) is 1.48. The van der Waals surface area contributed by atoms with Gasteiger partial charge in [0, 0.05) is 24.4 Å². The number of amides is 1. The molecule has 2 aromatic rings. The van der Waals surface area contributed by atoms with E-state index in [0.717, 1.165) is 12.0 Å². The summed E-state index contributed by atoms with van der Waals surface area (Å²) in [5.41, 5.74) is 1.82. The molecule has 9 heteroatoms. The summed E-state index contributed by atoms with van der Waals surface area (Å²) in [6, 6.07) is 8.83. The Morgan fingerprint density at radius 3 is 2.57 bits per heavy atom. The van der Waals surface area contributed by atoms with Crippen LogP contribution in [0.15, 0.2) is 42.9 Å². The highest BCUT2D eigenvalue weighted by Crippen LogP contribution is 2.10. The van der Waals surface area contributed by atoms with Crippen molar-refractivity contribution in [1.82, 2.24) is 20.2 Å². The number of rotatable bonds is 12. The molecule has 0 spiro atoms. The average Bonchev–Trinajstić information content (AvgIpc) is 3.24. The minimum Gasteiger partial charge on any atom is -0.480 e. The van der Waals surface area contributed by atoms with Crippen LogP contribution in [0, 0.1) is 0 Å². The largest absolute Gasteiger partial charge is 0.480 e. The molecule has 0 saturated carbocycles. The second kappa shape index (κ2) is 11.7. The van der Waals surface area contributed by atoms with Crippen LogP contribution in [0.4, 0.5) is 0 Å². The maximum atomic E-state index is 12.6. The zero-order valence-electron chi connectivity index (χ0n) is 17.2. The van der Waals surface area contributed by atoms with Crippen molar-refractivity contribution in [3.63, 3.8) is 0 Å². The highest BCUT2D eigenvalue weighted by Gasteiger charge is 2.25. The molecule has 2 rings (SSSR count). The summed E-state index contributed by atoms with van der Waals surface area (Å²) in [4.78, 5) is 44.3. The molecule has 0 aliphatic carbocycles. The molecule has 1 unspecified atom stereocenters. The molecule has 9 nitrogen and oxygen atoms in total. The zero-order chi connectivity index (χ0) is 21.9. The number of aliphatic carboxylic acids is 1. The van der Waals surface area contributed by atoms with Crippen molar-refractivity contribution >= 4 is 17.8 Å². The van der Waals surface area contributed by atoms with Crippen LogP contribution in [0.2, 0.25) is 0 Å². The molecule has 0 radical (unpaired) electrons. The monoisotopic (exact) mass is 416 g/mol. The lowest BCUT2D eigenvalue weighted by Crippen LogP contribution is -2.49. The van der Waals surface area contributed by atoms with Gasteiger partial charge in [-0.2, -0.15) is 0 Å². The van der Waals surface area contributed by atoms with Crippen molar-refractivity contribution in [2.45, 2.75) is 38.3 Å². The first-order chi connectivity index (χ1) is 14.4. The standard InChI is InChI=1S/C21H28N4O5/c1-15(8-9-16-6-4-3-5-7-16)25(13-20(27)28)12-19(26)24-18(21(29)30-2)10-17-11-22-14-23-17/h3-7,11,14-15,18H,8-10,12-13H2,1-2H3,(H,22,23)(H,24,26)(H,27,28)/t15?,18-/m0/s1. The summed E-state index contributed by atoms with van der Waals surface area (Å²) >= 11 is 0. The SMILES string of the molecule is COC(=O)[C@H](Cc1cnc[nH]1)NC(=O)CN(CC(=O)O)C(C)CCc1ccccc1. The summed E-state index contributed by atoms with van der Waals surface area (Å²) in [5, 5.41) is 11.9. The van der Waals surface area contributed by atoms with E-state index >= 15 is 0 Å². The van der Waals surface area contributed by atoms with Crippen molar-refractivity contribution in [2.24, 2.45) is 0 Å². The van der Waals surface area contributed by atoms with Crippen LogP contribution >= 0.6 is 0 Å². The van der Waals surface area contributed by atoms with E-state index in [1.54, 1.807) is 11.1 Å². The number of nitrogens with one attached hydrogen (secondary N) is 2. The third-order valence-electron chi connectivity index (χ3n) is 4.80. The van der Waals surface area contributed by atoms with Crippen LogP contribution in [0.3, 0.4) is 0 Å². The Morgan fingerprint density at radius 2 is 1.97 bits per heavy atom. The molecule has 1 aromatic carbocycles. The van der Waals surface area contributed by atoms with Gasteiger partial charge in [0.05, 0.1) is 26.5 Å². The number of carboxylic acids is 1. The summed E-state index contributed by atoms with van der Waals surface area (Å²) in [5.74, 6) is -2.05. The molecular formula is C21H28N4O5. The Bertz CT molecular complexity index is 810. The lowest BCUT2D eigenvalue weighted by atomic mass is 10.1. The van der Waals surface area contributed by atoms with Gasteiger partial charge >= 0.3 is 11.9 Å². The number of benzene rings is 1. The second-order valence-corrected chi connectivity index (χ2v) is 7.10. The fourth-order valence-corrected chi connectivity index (χ4v) is 3.12. The summed E-state index contributed by atoms with van der Waals surface area (Å²) in [6.07, 6.45) is 4.70. The Labute approximate surface area is 175 Å². The van der Waals surface area contributed by atoms with Crippen LogP contribution in [-0.4, -0.2) is 70.1 Å². The van der Waals surface area contributed by atoms with Crippen molar-refractivity contribution in [1.29, 1.82) is 0 Å². The van der Waals surface area contributed by atoms with Gasteiger partial charge in [0.25, 0.3) is 0 Å². The highest BCUT2D eigenvalue weighted by atomic mass is 16.5. The van der Waals surface area contributed by atoms with Crippen LogP contribution in [0.1, 0.15) is 24.6 Å². The Morgan fingerprint density at radius 1 is 1.23 bits per heavy atom. The van der Waals surface area contributed by atoms with E-state index in [0.29, 0.717) is 12.1 Å². The molecule has 0 bridgehead atoms. The molecule has 0 aliphatic heterocycles. The van der Waals surface area contributed by atoms with Crippen molar-refractivity contribution in [3.8, 4) is 0 Å². The van der Waals surface area contributed by atoms with Gasteiger partial charge in [-0.25, -0.2) is 9.78 Å². The van der Waals surface area contributed by atoms with Gasteiger partial charge in [0.15, 0.2) is 0 Å². The summed E-state index contributed by atoms with van der Waals surface area (Å²) in [7, 11) is 1.25. The van der Waals surface area contributed by atoms with Gasteiger partial charge < -0.3 is 20.1 Å². The predicted octanol–water partition coefficient (Wildman–Crippen LogP) is 1.02. The number of hydrogen-bond acceptors (Lipinski definition) is 6. The van der Waals surface area contributed by atoms with Gasteiger partial charge in [-0.1, -0.05) is 30.3 Å². The molecule has 1 heterocycles. The molecule has 2 atom stereocenters. The second-order valence-electron chi connectivity index (χ2n) is 7.10. The van der Waals surface area contributed by atoms with E-state index in [1.807, 2.05) is 37.3 Å². The number of methoxy groups -OCH3 is 1. The fraction of sp³-hybridized carbons (Fsp3) is 0.429. The molecular weight excluding hydrogens is 388 g/mol. The predicted molar refractivity (Wildman–Crippen MR) is 110 cm³/mol. The van der Waals surface area contributed by atoms with Crippen LogP contribution < -0.4 is 5.32 Å². The molecule has 3 N–H and O–H groups in total. The molecule has 162 valence electrons. The van der Waals surface area contributed by atoms with Crippen LogP contribution in [0.25, 0.3) is 0 Å². The average molecular weight is 416 g/mol. The number of carboxylic acid groups (broad SMARTS) is 1. The van der Waals surface area contributed by atoms with Crippen LogP contribution in [-0.2, 0) is 32.0 Å². The van der Waals surface area contributed by atoms with Crippen LogP contribution in [0.5, 0.6) is 0 Å². The quantitative estimate of drug-likeness (QED) is 0.441. The van der Waals surface area contributed by atoms with E-state index in [2.05, 4.69) is 15.3 Å². The van der Waals surface area contributed by atoms with Crippen molar-refractivity contribution in [2.75, 3.05) is 20.2 Å². The minimum atomic E-state index is -1.02. The number of esters is 1. The van der Waals surface area contributed by atoms with E-state index in [1.165, 1.54) is 13.4 Å². The van der Waals surface area contributed by atoms with E-state index in [9.17, 15) is 19.5 Å². The summed E-state index contributed by atoms with van der Waals surface area (Å²) < 4.78 is 4.77. The Balaban J connectivity index is 1.97. The number of ether oxygens (including phenoxy) is 1. The molecule has 30 heavy (non-hydrogen) atoms. The number of aryl methyl sites for hydroxylation is 1. The topological polar surface area (TPSA) is 125 Å². The number of H-pyrrole nitrogens is 1. The van der Waals surface area contributed by atoms with E-state index in [-0.39, 0.29) is 25.6 Å². The third kappa shape index (κ3) is 7.67. The number of nitrogens with zero attached hydrogens (tertiary/aromatic N) is 2. The highest BCUT2D eigenvalue weighted by molar-refractivity contribution is 5.86. The minimum absolute atomic E-state index is 0.140. The Hall–Kier alpha value is -3.20. The van der Waals surface area contributed by atoms with Gasteiger partial charge in [-0.15, -0.1) is 0 Å². The normalized spacial score (nSPS) is 12.9. The lowest BCUT2D eigenvalue weighted by molar-refractivity contribution is -0.146. The van der Waals surface area contributed by atoms with E-state index in [4.69, 9.17) is 4.74 Å². The number of hydrogen-bond donors (Lipinski definition) is 3. The number of carbonyl (C=O) groups is 3. The lowest BCUT2D eigenvalue weighted by Gasteiger charge is -2.27. The molecule has 0 aliphatic rings. The van der Waals surface area contributed by atoms with Gasteiger partial charge in [0.1, 0.15) is 6.04 Å². The van der Waals surface area contributed by atoms with Gasteiger partial charge in [0.2, 0.25) is 5.91 Å². The van der Waals surface area contributed by atoms with Gasteiger partial charge in [-0.3, -0.25) is 14.5 Å². The number of aromatic amines is 1. The maximum absolute atomic E-state index is 12.6. The third-order valence-corrected chi connectivity index (χ3v) is 4.80. The fourth-order valence-electron chi connectivity index (χ4n) is 3.12. The molecule has 0 fully saturated rings. The first-order valence-electron chi connectivity index (χ1n) is 9.73. The first kappa shape index (κ1) is 23.1. The van der Waals surface area contributed by atoms with Crippen molar-refractivity contribution < 1.29 is 24.2 Å². The maximum Gasteiger partial charge on any atom is 0.328 e. The first-order valence-corrected chi connectivity index (χ1v) is 9.73. The Kier molecular flexibility index (Phi) is 9.02. The number of imidazole rings is 1. The smallest absolute Gasteiger partial charge is 0.328 e. The zero-order valence-corrected chi connectivity index (χ0v) is 17.2.